The van der Waals surface area contributed by atoms with Gasteiger partial charge in [-0.05, 0) is 19.4 Å². The second-order valence-electron chi connectivity index (χ2n) is 4.69. The van der Waals surface area contributed by atoms with E-state index in [9.17, 15) is 0 Å². The summed E-state index contributed by atoms with van der Waals surface area (Å²) in [4.78, 5) is 1.16. The molecule has 0 aliphatic rings. The van der Waals surface area contributed by atoms with Crippen molar-refractivity contribution in [3.8, 4) is 0 Å². The lowest BCUT2D eigenvalue weighted by Crippen LogP contribution is -2.13. The molecule has 0 spiro atoms. The highest BCUT2D eigenvalue weighted by Gasteiger charge is 2.08. The van der Waals surface area contributed by atoms with Gasteiger partial charge < -0.3 is 5.73 Å². The smallest absolute Gasteiger partial charge is 0.0625 e. The Morgan fingerprint density at radius 1 is 1.28 bits per heavy atom. The number of hydrogen-bond donors (Lipinski definition) is 1. The molecule has 0 aliphatic carbocycles. The quantitative estimate of drug-likeness (QED) is 0.861. The van der Waals surface area contributed by atoms with Gasteiger partial charge in [-0.3, -0.25) is 4.68 Å². The zero-order chi connectivity index (χ0) is 13.1. The first-order valence-electron chi connectivity index (χ1n) is 6.00. The maximum Gasteiger partial charge on any atom is 0.0625 e. The third-order valence-electron chi connectivity index (χ3n) is 2.78. The Balaban J connectivity index is 2.01. The van der Waals surface area contributed by atoms with Gasteiger partial charge in [0.2, 0.25) is 0 Å². The highest BCUT2D eigenvalue weighted by molar-refractivity contribution is 7.99. The highest BCUT2D eigenvalue weighted by Crippen LogP contribution is 2.24. The van der Waals surface area contributed by atoms with Crippen molar-refractivity contribution in [2.75, 3.05) is 5.75 Å². The van der Waals surface area contributed by atoms with Crippen molar-refractivity contribution in [2.45, 2.75) is 24.8 Å². The topological polar surface area (TPSA) is 43.8 Å². The van der Waals surface area contributed by atoms with Gasteiger partial charge in [0.15, 0.2) is 0 Å². The molecule has 0 fully saturated rings. The minimum Gasteiger partial charge on any atom is -0.323 e. The fourth-order valence-electron chi connectivity index (χ4n) is 1.98. The molecule has 0 aliphatic heterocycles. The SMILES string of the molecule is Cc1cc(C)cc(C(N)CSc2cnn(C)c2)c1. The maximum absolute atomic E-state index is 6.24. The van der Waals surface area contributed by atoms with Crippen LogP contribution in [-0.2, 0) is 7.05 Å². The summed E-state index contributed by atoms with van der Waals surface area (Å²) in [5, 5.41) is 4.15. The lowest BCUT2D eigenvalue weighted by atomic mass is 10.0. The van der Waals surface area contributed by atoms with Crippen LogP contribution in [0.2, 0.25) is 0 Å². The van der Waals surface area contributed by atoms with Crippen LogP contribution >= 0.6 is 11.8 Å². The van der Waals surface area contributed by atoms with Gasteiger partial charge in [-0.25, -0.2) is 0 Å². The summed E-state index contributed by atoms with van der Waals surface area (Å²) in [7, 11) is 1.92. The average Bonchev–Trinajstić information content (AvgIpc) is 2.70. The van der Waals surface area contributed by atoms with Crippen LogP contribution in [0.3, 0.4) is 0 Å². The molecule has 2 N–H and O–H groups in total. The van der Waals surface area contributed by atoms with E-state index < -0.39 is 0 Å². The van der Waals surface area contributed by atoms with E-state index in [2.05, 4.69) is 37.1 Å². The molecule has 0 saturated heterocycles. The molecule has 4 heteroatoms. The normalized spacial score (nSPS) is 12.7. The van der Waals surface area contributed by atoms with Crippen LogP contribution < -0.4 is 5.73 Å². The Kier molecular flexibility index (Phi) is 4.09. The predicted octanol–water partition coefficient (Wildman–Crippen LogP) is 2.83. The highest BCUT2D eigenvalue weighted by atomic mass is 32.2. The molecule has 96 valence electrons. The van der Waals surface area contributed by atoms with E-state index in [-0.39, 0.29) is 6.04 Å². The number of nitrogens with two attached hydrogens (primary N) is 1. The zero-order valence-corrected chi connectivity index (χ0v) is 11.9. The fourth-order valence-corrected chi connectivity index (χ4v) is 2.89. The van der Waals surface area contributed by atoms with Gasteiger partial charge in [0.1, 0.15) is 0 Å². The summed E-state index contributed by atoms with van der Waals surface area (Å²) in [6.45, 7) is 4.22. The summed E-state index contributed by atoms with van der Waals surface area (Å²) >= 11 is 1.75. The lowest BCUT2D eigenvalue weighted by Gasteiger charge is -2.12. The molecule has 1 aromatic carbocycles. The summed E-state index contributed by atoms with van der Waals surface area (Å²) in [5.74, 6) is 0.870. The minimum atomic E-state index is 0.0637. The van der Waals surface area contributed by atoms with Crippen molar-refractivity contribution in [1.29, 1.82) is 0 Å². The van der Waals surface area contributed by atoms with Crippen LogP contribution in [0.5, 0.6) is 0 Å². The summed E-state index contributed by atoms with van der Waals surface area (Å²) in [6, 6.07) is 6.57. The zero-order valence-electron chi connectivity index (χ0n) is 11.1. The van der Waals surface area contributed by atoms with E-state index >= 15 is 0 Å². The van der Waals surface area contributed by atoms with E-state index in [1.54, 1.807) is 11.8 Å². The molecule has 0 saturated carbocycles. The van der Waals surface area contributed by atoms with Gasteiger partial charge in [-0.1, -0.05) is 29.3 Å². The molecule has 3 nitrogen and oxygen atoms in total. The van der Waals surface area contributed by atoms with Gasteiger partial charge in [0.05, 0.1) is 6.20 Å². The third-order valence-corrected chi connectivity index (χ3v) is 3.85. The number of aromatic nitrogens is 2. The number of aryl methyl sites for hydroxylation is 3. The van der Waals surface area contributed by atoms with E-state index in [0.29, 0.717) is 0 Å². The average molecular weight is 261 g/mol. The van der Waals surface area contributed by atoms with Crippen LogP contribution in [0.1, 0.15) is 22.7 Å². The number of nitrogens with zero attached hydrogens (tertiary/aromatic N) is 2. The molecule has 0 amide bonds. The molecule has 2 aromatic rings. The lowest BCUT2D eigenvalue weighted by molar-refractivity contribution is 0.766. The third kappa shape index (κ3) is 3.37. The first kappa shape index (κ1) is 13.2. The number of hydrogen-bond acceptors (Lipinski definition) is 3. The molecule has 18 heavy (non-hydrogen) atoms. The molecule has 1 aromatic heterocycles. The fraction of sp³-hybridized carbons (Fsp3) is 0.357. The number of rotatable bonds is 4. The van der Waals surface area contributed by atoms with E-state index in [1.807, 2.05) is 24.1 Å². The Morgan fingerprint density at radius 2 is 1.94 bits per heavy atom. The van der Waals surface area contributed by atoms with Crippen molar-refractivity contribution in [1.82, 2.24) is 9.78 Å². The second-order valence-corrected chi connectivity index (χ2v) is 5.78. The van der Waals surface area contributed by atoms with Crippen LogP contribution in [0.15, 0.2) is 35.5 Å². The number of thioether (sulfide) groups is 1. The van der Waals surface area contributed by atoms with Crippen molar-refractivity contribution in [3.63, 3.8) is 0 Å². The largest absolute Gasteiger partial charge is 0.323 e. The molecule has 1 heterocycles. The molecule has 1 atom stereocenters. The molecular weight excluding hydrogens is 242 g/mol. The van der Waals surface area contributed by atoms with Crippen LogP contribution in [0, 0.1) is 13.8 Å². The minimum absolute atomic E-state index is 0.0637. The molecule has 2 rings (SSSR count). The Labute approximate surface area is 112 Å². The Bertz CT molecular complexity index is 513. The van der Waals surface area contributed by atoms with E-state index in [1.165, 1.54) is 16.7 Å². The second kappa shape index (κ2) is 5.59. The summed E-state index contributed by atoms with van der Waals surface area (Å²) in [5.41, 5.74) is 9.99. The van der Waals surface area contributed by atoms with E-state index in [4.69, 9.17) is 5.73 Å². The molecule has 0 bridgehead atoms. The van der Waals surface area contributed by atoms with Crippen LogP contribution in [0.4, 0.5) is 0 Å². The summed E-state index contributed by atoms with van der Waals surface area (Å²) in [6.07, 6.45) is 3.89. The van der Waals surface area contributed by atoms with Crippen molar-refractivity contribution < 1.29 is 0 Å². The van der Waals surface area contributed by atoms with Crippen LogP contribution in [-0.4, -0.2) is 15.5 Å². The molecule has 0 radical (unpaired) electrons. The Hall–Kier alpha value is -1.26. The molecular formula is C14H19N3S. The Morgan fingerprint density at radius 3 is 2.50 bits per heavy atom. The standard InChI is InChI=1S/C14H19N3S/c1-10-4-11(2)6-12(5-10)14(15)9-18-13-7-16-17(3)8-13/h4-8,14H,9,15H2,1-3H3. The van der Waals surface area contributed by atoms with Crippen molar-refractivity contribution in [3.05, 3.63) is 47.3 Å². The summed E-state index contributed by atoms with van der Waals surface area (Å²) < 4.78 is 1.81. The van der Waals surface area contributed by atoms with Gasteiger partial charge in [0, 0.05) is 29.9 Å². The monoisotopic (exact) mass is 261 g/mol. The predicted molar refractivity (Wildman–Crippen MR) is 76.8 cm³/mol. The van der Waals surface area contributed by atoms with Crippen molar-refractivity contribution >= 4 is 11.8 Å². The van der Waals surface area contributed by atoms with Gasteiger partial charge in [-0.15, -0.1) is 11.8 Å². The van der Waals surface area contributed by atoms with Crippen LogP contribution in [0.25, 0.3) is 0 Å². The molecule has 1 unspecified atom stereocenters. The van der Waals surface area contributed by atoms with Gasteiger partial charge in [0.25, 0.3) is 0 Å². The van der Waals surface area contributed by atoms with E-state index in [0.717, 1.165) is 10.6 Å². The first-order chi connectivity index (χ1) is 8.54. The number of benzene rings is 1. The van der Waals surface area contributed by atoms with Crippen molar-refractivity contribution in [2.24, 2.45) is 12.8 Å². The van der Waals surface area contributed by atoms with Gasteiger partial charge in [-0.2, -0.15) is 5.10 Å². The first-order valence-corrected chi connectivity index (χ1v) is 6.98. The maximum atomic E-state index is 6.24. The van der Waals surface area contributed by atoms with Gasteiger partial charge >= 0.3 is 0 Å².